The zero-order valence-corrected chi connectivity index (χ0v) is 11.6. The van der Waals surface area contributed by atoms with Gasteiger partial charge >= 0.3 is 0 Å². The van der Waals surface area contributed by atoms with E-state index >= 15 is 0 Å². The molecule has 0 aromatic rings. The van der Waals surface area contributed by atoms with E-state index in [4.69, 9.17) is 0 Å². The van der Waals surface area contributed by atoms with E-state index in [1.54, 1.807) is 0 Å². The van der Waals surface area contributed by atoms with Crippen molar-refractivity contribution in [1.29, 1.82) is 0 Å². The number of hydrogen-bond acceptors (Lipinski definition) is 3. The Balaban J connectivity index is 4.00. The van der Waals surface area contributed by atoms with Crippen molar-refractivity contribution < 1.29 is 0 Å². The number of hydrogen-bond donors (Lipinski definition) is 1. The van der Waals surface area contributed by atoms with Crippen molar-refractivity contribution >= 4 is 12.6 Å². The fourth-order valence-electron chi connectivity index (χ4n) is 1.46. The normalized spacial score (nSPS) is 11.7. The van der Waals surface area contributed by atoms with Crippen LogP contribution in [-0.2, 0) is 0 Å². The van der Waals surface area contributed by atoms with Crippen LogP contribution >= 0.6 is 12.6 Å². The molecule has 0 rings (SSSR count). The van der Waals surface area contributed by atoms with Crippen LogP contribution in [0.25, 0.3) is 0 Å². The minimum Gasteiger partial charge on any atom is -0.308 e. The molecule has 15 heavy (non-hydrogen) atoms. The molecule has 0 atom stereocenters. The molecule has 3 heteroatoms. The van der Waals surface area contributed by atoms with Gasteiger partial charge in [0.05, 0.1) is 0 Å². The highest BCUT2D eigenvalue weighted by atomic mass is 32.1. The lowest BCUT2D eigenvalue weighted by molar-refractivity contribution is 0.234. The second-order valence-corrected chi connectivity index (χ2v) is 5.16. The zero-order chi connectivity index (χ0) is 11.8. The minimum absolute atomic E-state index is 0.708. The van der Waals surface area contributed by atoms with E-state index in [9.17, 15) is 0 Å². The summed E-state index contributed by atoms with van der Waals surface area (Å²) >= 11 is 4.25. The molecule has 0 aromatic carbocycles. The van der Waals surface area contributed by atoms with Crippen LogP contribution in [0.5, 0.6) is 0 Å². The van der Waals surface area contributed by atoms with Crippen LogP contribution in [-0.4, -0.2) is 55.8 Å². The van der Waals surface area contributed by atoms with Crippen LogP contribution in [0.15, 0.2) is 12.2 Å². The molecular formula is C12H26N2S. The molecule has 0 amide bonds. The third kappa shape index (κ3) is 8.97. The van der Waals surface area contributed by atoms with Crippen molar-refractivity contribution in [1.82, 2.24) is 9.80 Å². The third-order valence-electron chi connectivity index (χ3n) is 2.16. The lowest BCUT2D eigenvalue weighted by Crippen LogP contribution is -2.35. The standard InChI is InChI=1S/C12H26N2S/c1-11(2)8-14(7-6-13(4)5)9-12(3)10-15/h11,15H,3,6-10H2,1-2,4-5H3. The molecule has 0 N–H and O–H groups in total. The first-order valence-electron chi connectivity index (χ1n) is 5.60. The smallest absolute Gasteiger partial charge is 0.0199 e. The molecule has 0 fully saturated rings. The van der Waals surface area contributed by atoms with Crippen molar-refractivity contribution in [2.75, 3.05) is 46.0 Å². The summed E-state index contributed by atoms with van der Waals surface area (Å²) in [5.74, 6) is 1.50. The average molecular weight is 230 g/mol. The van der Waals surface area contributed by atoms with Crippen molar-refractivity contribution in [3.63, 3.8) is 0 Å². The maximum absolute atomic E-state index is 4.25. The Hall–Kier alpha value is 0.01000. The Kier molecular flexibility index (Phi) is 8.20. The Morgan fingerprint density at radius 1 is 1.27 bits per heavy atom. The average Bonchev–Trinajstić information content (AvgIpc) is 2.13. The molecule has 2 nitrogen and oxygen atoms in total. The Morgan fingerprint density at radius 3 is 2.27 bits per heavy atom. The molecule has 0 radical (unpaired) electrons. The summed E-state index contributed by atoms with van der Waals surface area (Å²) in [5, 5.41) is 0. The van der Waals surface area contributed by atoms with Crippen molar-refractivity contribution in [3.05, 3.63) is 12.2 Å². The monoisotopic (exact) mass is 230 g/mol. The van der Waals surface area contributed by atoms with Gasteiger partial charge in [-0.25, -0.2) is 0 Å². The highest BCUT2D eigenvalue weighted by Gasteiger charge is 2.08. The van der Waals surface area contributed by atoms with E-state index in [0.717, 1.165) is 31.9 Å². The Morgan fingerprint density at radius 2 is 1.87 bits per heavy atom. The number of nitrogens with zero attached hydrogens (tertiary/aromatic N) is 2. The minimum atomic E-state index is 0.708. The fraction of sp³-hybridized carbons (Fsp3) is 0.833. The SMILES string of the molecule is C=C(CS)CN(CCN(C)C)CC(C)C. The maximum atomic E-state index is 4.25. The van der Waals surface area contributed by atoms with Crippen molar-refractivity contribution in [2.24, 2.45) is 5.92 Å². The second kappa shape index (κ2) is 8.20. The van der Waals surface area contributed by atoms with Gasteiger partial charge in [-0.1, -0.05) is 26.0 Å². The molecule has 90 valence electrons. The number of rotatable bonds is 8. The van der Waals surface area contributed by atoms with Crippen LogP contribution in [0.3, 0.4) is 0 Å². The molecule has 0 aliphatic rings. The molecule has 0 saturated heterocycles. The first-order chi connectivity index (χ1) is 6.95. The van der Waals surface area contributed by atoms with Crippen LogP contribution in [0.2, 0.25) is 0 Å². The Labute approximate surface area is 101 Å². The first-order valence-corrected chi connectivity index (χ1v) is 6.23. The van der Waals surface area contributed by atoms with Crippen LogP contribution in [0.4, 0.5) is 0 Å². The lowest BCUT2D eigenvalue weighted by Gasteiger charge is -2.26. The molecule has 0 aliphatic carbocycles. The van der Waals surface area contributed by atoms with Gasteiger partial charge in [0.1, 0.15) is 0 Å². The van der Waals surface area contributed by atoms with Crippen LogP contribution < -0.4 is 0 Å². The van der Waals surface area contributed by atoms with E-state index < -0.39 is 0 Å². The molecule has 0 unspecified atom stereocenters. The van der Waals surface area contributed by atoms with Gasteiger partial charge in [0.2, 0.25) is 0 Å². The summed E-state index contributed by atoms with van der Waals surface area (Å²) in [6.45, 7) is 12.9. The summed E-state index contributed by atoms with van der Waals surface area (Å²) in [4.78, 5) is 4.68. The molecule has 0 heterocycles. The first kappa shape index (κ1) is 15.0. The van der Waals surface area contributed by atoms with Crippen molar-refractivity contribution in [3.8, 4) is 0 Å². The molecule has 0 aliphatic heterocycles. The van der Waals surface area contributed by atoms with E-state index in [-0.39, 0.29) is 0 Å². The topological polar surface area (TPSA) is 6.48 Å². The van der Waals surface area contributed by atoms with E-state index in [1.165, 1.54) is 5.57 Å². The van der Waals surface area contributed by atoms with Gasteiger partial charge in [0, 0.05) is 31.9 Å². The molecule has 0 bridgehead atoms. The molecule has 0 spiro atoms. The number of likely N-dealkylation sites (N-methyl/N-ethyl adjacent to an activating group) is 1. The van der Waals surface area contributed by atoms with Gasteiger partial charge in [-0.3, -0.25) is 4.90 Å². The Bertz CT molecular complexity index is 178. The molecule has 0 aromatic heterocycles. The summed E-state index contributed by atoms with van der Waals surface area (Å²) < 4.78 is 0. The molecule has 0 saturated carbocycles. The van der Waals surface area contributed by atoms with E-state index in [1.807, 2.05) is 0 Å². The largest absolute Gasteiger partial charge is 0.308 e. The van der Waals surface area contributed by atoms with Gasteiger partial charge in [0.25, 0.3) is 0 Å². The summed E-state index contributed by atoms with van der Waals surface area (Å²) in [6.07, 6.45) is 0. The molecular weight excluding hydrogens is 204 g/mol. The predicted octanol–water partition coefficient (Wildman–Crippen LogP) is 1.99. The number of thiol groups is 1. The van der Waals surface area contributed by atoms with Gasteiger partial charge in [-0.15, -0.1) is 0 Å². The van der Waals surface area contributed by atoms with Gasteiger partial charge < -0.3 is 4.90 Å². The third-order valence-corrected chi connectivity index (χ3v) is 2.60. The van der Waals surface area contributed by atoms with Gasteiger partial charge in [-0.05, 0) is 20.0 Å². The zero-order valence-electron chi connectivity index (χ0n) is 10.7. The lowest BCUT2D eigenvalue weighted by atomic mass is 10.2. The quantitative estimate of drug-likeness (QED) is 0.503. The van der Waals surface area contributed by atoms with Gasteiger partial charge in [-0.2, -0.15) is 12.6 Å². The summed E-state index contributed by atoms with van der Waals surface area (Å²) in [6, 6.07) is 0. The highest BCUT2D eigenvalue weighted by molar-refractivity contribution is 7.80. The second-order valence-electron chi connectivity index (χ2n) is 4.84. The van der Waals surface area contributed by atoms with E-state index in [2.05, 4.69) is 57.0 Å². The summed E-state index contributed by atoms with van der Waals surface area (Å²) in [5.41, 5.74) is 1.21. The van der Waals surface area contributed by atoms with E-state index in [0.29, 0.717) is 5.92 Å². The van der Waals surface area contributed by atoms with Gasteiger partial charge in [0.15, 0.2) is 0 Å². The predicted molar refractivity (Wildman–Crippen MR) is 72.8 cm³/mol. The maximum Gasteiger partial charge on any atom is 0.0199 e. The van der Waals surface area contributed by atoms with Crippen LogP contribution in [0.1, 0.15) is 13.8 Å². The van der Waals surface area contributed by atoms with Crippen molar-refractivity contribution in [2.45, 2.75) is 13.8 Å². The van der Waals surface area contributed by atoms with Crippen LogP contribution in [0, 0.1) is 5.92 Å². The highest BCUT2D eigenvalue weighted by Crippen LogP contribution is 2.03. The summed E-state index contributed by atoms with van der Waals surface area (Å²) in [7, 11) is 4.22. The fourth-order valence-corrected chi connectivity index (χ4v) is 1.56.